The molecule has 3 aromatic rings. The Balaban J connectivity index is 1.52. The second-order valence-electron chi connectivity index (χ2n) is 9.76. The highest BCUT2D eigenvalue weighted by molar-refractivity contribution is 5.95. The van der Waals surface area contributed by atoms with Crippen molar-refractivity contribution >= 4 is 11.6 Å². The highest BCUT2D eigenvalue weighted by Gasteiger charge is 2.46. The SMILES string of the molecule is Cc1n[nH]c(C)c1-c1cnn(C2(CC#N)CN(c3cc(F)c(C(=O)NCC(CF)(CF)CF)cc3F)C2)c1. The first kappa shape index (κ1) is 27.1. The molecular weight excluding hydrogens is 509 g/mol. The fourth-order valence-electron chi connectivity index (χ4n) is 4.57. The van der Waals surface area contributed by atoms with Crippen LogP contribution in [0.15, 0.2) is 24.5 Å². The summed E-state index contributed by atoms with van der Waals surface area (Å²) in [6.45, 7) is -0.781. The molecule has 0 bridgehead atoms. The number of nitriles is 1. The summed E-state index contributed by atoms with van der Waals surface area (Å²) in [5.74, 6) is -3.08. The number of nitrogens with zero attached hydrogens (tertiary/aromatic N) is 5. The fourth-order valence-corrected chi connectivity index (χ4v) is 4.57. The number of hydrogen-bond acceptors (Lipinski definition) is 5. The molecule has 3 heterocycles. The Morgan fingerprint density at radius 1 is 1.18 bits per heavy atom. The zero-order chi connectivity index (χ0) is 27.7. The first-order chi connectivity index (χ1) is 18.1. The average Bonchev–Trinajstić information content (AvgIpc) is 3.49. The lowest BCUT2D eigenvalue weighted by molar-refractivity contribution is 0.0837. The van der Waals surface area contributed by atoms with Gasteiger partial charge in [-0.25, -0.2) is 8.78 Å². The number of H-pyrrole nitrogens is 1. The minimum absolute atomic E-state index is 0.0675. The van der Waals surface area contributed by atoms with Crippen molar-refractivity contribution in [2.75, 3.05) is 44.6 Å². The zero-order valence-corrected chi connectivity index (χ0v) is 20.8. The van der Waals surface area contributed by atoms with Gasteiger partial charge in [0.1, 0.15) is 37.2 Å². The second-order valence-corrected chi connectivity index (χ2v) is 9.76. The number of halogens is 5. The standard InChI is InChI=1S/C25H26F5N7O/c1-15-22(16(2)35-34-15)17-7-33-37(8-17)25(3-4-31)13-36(14-25)21-6-19(29)18(5-20(21)30)23(38)32-12-24(9-26,10-27)11-28/h5-8H,3,9-14H2,1-2H3,(H,32,38)(H,34,35). The molecule has 8 nitrogen and oxygen atoms in total. The maximum atomic E-state index is 15.0. The van der Waals surface area contributed by atoms with E-state index in [0.717, 1.165) is 28.6 Å². The van der Waals surface area contributed by atoms with E-state index in [1.54, 1.807) is 17.1 Å². The monoisotopic (exact) mass is 535 g/mol. The van der Waals surface area contributed by atoms with Gasteiger partial charge in [0.25, 0.3) is 5.91 Å². The lowest BCUT2D eigenvalue weighted by atomic mass is 9.86. The van der Waals surface area contributed by atoms with Gasteiger partial charge in [-0.05, 0) is 19.9 Å². The van der Waals surface area contributed by atoms with Crippen LogP contribution in [0.25, 0.3) is 11.1 Å². The van der Waals surface area contributed by atoms with Crippen molar-refractivity contribution in [3.8, 4) is 17.2 Å². The molecule has 1 aliphatic heterocycles. The molecule has 2 N–H and O–H groups in total. The molecule has 202 valence electrons. The number of aromatic amines is 1. The molecule has 1 fully saturated rings. The number of nitrogens with one attached hydrogen (secondary N) is 2. The summed E-state index contributed by atoms with van der Waals surface area (Å²) in [6, 6.07) is 3.66. The lowest BCUT2D eigenvalue weighted by Gasteiger charge is -2.50. The number of rotatable bonds is 10. The van der Waals surface area contributed by atoms with Gasteiger partial charge in [0.2, 0.25) is 0 Å². The number of anilines is 1. The van der Waals surface area contributed by atoms with Gasteiger partial charge in [0.05, 0.1) is 41.0 Å². The van der Waals surface area contributed by atoms with Crippen molar-refractivity contribution in [3.63, 3.8) is 0 Å². The normalized spacial score (nSPS) is 14.7. The van der Waals surface area contributed by atoms with E-state index in [2.05, 4.69) is 26.7 Å². The van der Waals surface area contributed by atoms with Gasteiger partial charge in [-0.1, -0.05) is 0 Å². The van der Waals surface area contributed by atoms with Crippen molar-refractivity contribution < 1.29 is 26.7 Å². The summed E-state index contributed by atoms with van der Waals surface area (Å²) >= 11 is 0. The molecule has 1 amide bonds. The Labute approximate surface area is 215 Å². The smallest absolute Gasteiger partial charge is 0.254 e. The molecule has 1 aliphatic rings. The molecular formula is C25H26F5N7O. The predicted octanol–water partition coefficient (Wildman–Crippen LogP) is 3.92. The van der Waals surface area contributed by atoms with E-state index in [0.29, 0.717) is 6.07 Å². The van der Waals surface area contributed by atoms with E-state index >= 15 is 0 Å². The van der Waals surface area contributed by atoms with Crippen LogP contribution in [-0.4, -0.2) is 65.5 Å². The van der Waals surface area contributed by atoms with Crippen LogP contribution >= 0.6 is 0 Å². The maximum absolute atomic E-state index is 15.0. The molecule has 0 radical (unpaired) electrons. The van der Waals surface area contributed by atoms with Crippen LogP contribution in [-0.2, 0) is 5.54 Å². The molecule has 2 aromatic heterocycles. The number of hydrogen-bond donors (Lipinski definition) is 2. The van der Waals surface area contributed by atoms with Gasteiger partial charge in [0.15, 0.2) is 0 Å². The van der Waals surface area contributed by atoms with Crippen LogP contribution in [0.4, 0.5) is 27.6 Å². The molecule has 0 saturated carbocycles. The van der Waals surface area contributed by atoms with Gasteiger partial charge in [0, 0.05) is 48.7 Å². The first-order valence-electron chi connectivity index (χ1n) is 11.8. The first-order valence-corrected chi connectivity index (χ1v) is 11.8. The Bertz CT molecular complexity index is 1340. The van der Waals surface area contributed by atoms with Crippen LogP contribution in [0.2, 0.25) is 0 Å². The number of aryl methyl sites for hydroxylation is 2. The molecule has 0 atom stereocenters. The molecule has 4 rings (SSSR count). The summed E-state index contributed by atoms with van der Waals surface area (Å²) in [4.78, 5) is 13.9. The minimum atomic E-state index is -2.06. The number of carbonyl (C=O) groups excluding carboxylic acids is 1. The third kappa shape index (κ3) is 4.70. The third-order valence-corrected chi connectivity index (χ3v) is 6.96. The van der Waals surface area contributed by atoms with Gasteiger partial charge < -0.3 is 10.2 Å². The number of aromatic nitrogens is 4. The predicted molar refractivity (Wildman–Crippen MR) is 129 cm³/mol. The number of amides is 1. The van der Waals surface area contributed by atoms with Crippen molar-refractivity contribution in [1.82, 2.24) is 25.3 Å². The number of alkyl halides is 3. The van der Waals surface area contributed by atoms with E-state index in [1.165, 1.54) is 4.90 Å². The van der Waals surface area contributed by atoms with Gasteiger partial charge in [-0.15, -0.1) is 0 Å². The fraction of sp³-hybridized carbons (Fsp3) is 0.440. The molecule has 38 heavy (non-hydrogen) atoms. The molecule has 0 unspecified atom stereocenters. The summed E-state index contributed by atoms with van der Waals surface area (Å²) in [7, 11) is 0. The lowest BCUT2D eigenvalue weighted by Crippen LogP contribution is -2.63. The van der Waals surface area contributed by atoms with Crippen molar-refractivity contribution in [2.45, 2.75) is 25.8 Å². The van der Waals surface area contributed by atoms with Gasteiger partial charge in [-0.3, -0.25) is 27.7 Å². The third-order valence-electron chi connectivity index (χ3n) is 6.96. The Kier molecular flexibility index (Phi) is 7.44. The second kappa shape index (κ2) is 10.4. The molecule has 0 spiro atoms. The van der Waals surface area contributed by atoms with E-state index in [9.17, 15) is 32.0 Å². The zero-order valence-electron chi connectivity index (χ0n) is 20.8. The van der Waals surface area contributed by atoms with Crippen LogP contribution in [0.5, 0.6) is 0 Å². The highest BCUT2D eigenvalue weighted by atomic mass is 19.2. The Hall–Kier alpha value is -3.95. The van der Waals surface area contributed by atoms with E-state index < -0.39 is 60.6 Å². The Morgan fingerprint density at radius 3 is 2.45 bits per heavy atom. The molecule has 1 aromatic carbocycles. The van der Waals surface area contributed by atoms with Crippen molar-refractivity contribution in [1.29, 1.82) is 5.26 Å². The van der Waals surface area contributed by atoms with E-state index in [1.807, 2.05) is 13.8 Å². The summed E-state index contributed by atoms with van der Waals surface area (Å²) in [6.07, 6.45) is 3.51. The van der Waals surface area contributed by atoms with Crippen LogP contribution < -0.4 is 10.2 Å². The number of benzene rings is 1. The summed E-state index contributed by atoms with van der Waals surface area (Å²) < 4.78 is 70.6. The van der Waals surface area contributed by atoms with Crippen molar-refractivity contribution in [3.05, 3.63) is 53.1 Å². The molecule has 0 aliphatic carbocycles. The van der Waals surface area contributed by atoms with Crippen molar-refractivity contribution in [2.24, 2.45) is 5.41 Å². The van der Waals surface area contributed by atoms with Crippen LogP contribution in [0, 0.1) is 42.2 Å². The highest BCUT2D eigenvalue weighted by Crippen LogP contribution is 2.38. The van der Waals surface area contributed by atoms with E-state index in [4.69, 9.17) is 0 Å². The van der Waals surface area contributed by atoms with E-state index in [-0.39, 0.29) is 25.2 Å². The topological polar surface area (TPSA) is 103 Å². The molecule has 1 saturated heterocycles. The average molecular weight is 536 g/mol. The minimum Gasteiger partial charge on any atom is -0.364 e. The Morgan fingerprint density at radius 2 is 1.87 bits per heavy atom. The summed E-state index contributed by atoms with van der Waals surface area (Å²) in [5, 5.41) is 23.0. The maximum Gasteiger partial charge on any atom is 0.254 e. The van der Waals surface area contributed by atoms with Gasteiger partial charge in [-0.2, -0.15) is 15.5 Å². The molecule has 13 heteroatoms. The number of carbonyl (C=O) groups is 1. The van der Waals surface area contributed by atoms with Crippen LogP contribution in [0.1, 0.15) is 28.2 Å². The largest absolute Gasteiger partial charge is 0.364 e. The quantitative estimate of drug-likeness (QED) is 0.383. The van der Waals surface area contributed by atoms with Crippen LogP contribution in [0.3, 0.4) is 0 Å². The summed E-state index contributed by atoms with van der Waals surface area (Å²) in [5.41, 5.74) is -0.302. The van der Waals surface area contributed by atoms with Gasteiger partial charge >= 0.3 is 0 Å².